The van der Waals surface area contributed by atoms with Crippen LogP contribution in [0.1, 0.15) is 18.4 Å². The molecule has 8 aromatic carbocycles. The Morgan fingerprint density at radius 1 is 0.439 bits per heavy atom. The van der Waals surface area contributed by atoms with Gasteiger partial charge in [-0.05, 0) is 113 Å². The first kappa shape index (κ1) is 33.4. The molecule has 1 aliphatic carbocycles. The second kappa shape index (κ2) is 14.0. The predicted octanol–water partition coefficient (Wildman–Crippen LogP) is 15.7. The zero-order chi connectivity index (χ0) is 37.7. The van der Waals surface area contributed by atoms with Crippen LogP contribution in [0.25, 0.3) is 75.5 Å². The number of aromatic nitrogens is 1. The summed E-state index contributed by atoms with van der Waals surface area (Å²) in [6, 6.07) is 68.9. The van der Waals surface area contributed by atoms with Crippen LogP contribution in [0.4, 0.5) is 17.1 Å². The maximum absolute atomic E-state index is 2.39. The Balaban J connectivity index is 0.970. The molecule has 0 saturated carbocycles. The molecule has 2 heterocycles. The molecule has 3 heteroatoms. The van der Waals surface area contributed by atoms with Gasteiger partial charge < -0.3 is 9.47 Å². The largest absolute Gasteiger partial charge is 0.311 e. The van der Waals surface area contributed by atoms with Crippen molar-refractivity contribution in [2.75, 3.05) is 4.90 Å². The van der Waals surface area contributed by atoms with E-state index in [9.17, 15) is 0 Å². The average Bonchev–Trinajstić information content (AvgIpc) is 3.84. The molecule has 11 rings (SSSR count). The number of rotatable bonds is 7. The highest BCUT2D eigenvalue weighted by Crippen LogP contribution is 2.42. The van der Waals surface area contributed by atoms with E-state index in [1.165, 1.54) is 75.4 Å². The van der Waals surface area contributed by atoms with E-state index in [0.29, 0.717) is 0 Å². The van der Waals surface area contributed by atoms with E-state index in [-0.39, 0.29) is 0 Å². The molecular formula is C54H38N2S. The van der Waals surface area contributed by atoms with Crippen molar-refractivity contribution >= 4 is 76.0 Å². The second-order valence-electron chi connectivity index (χ2n) is 14.8. The van der Waals surface area contributed by atoms with Crippen molar-refractivity contribution in [3.05, 3.63) is 212 Å². The SMILES string of the molecule is C1=CC(c2ccc(N(c3ccc(-c4cccc(-n5c6ccccc6c6ccccc65)c4)cc3)c3ccc(-c4cccc5c4sc4ccccc45)cc3)cc2)=CCC1. The Morgan fingerprint density at radius 3 is 1.68 bits per heavy atom. The molecule has 0 radical (unpaired) electrons. The van der Waals surface area contributed by atoms with E-state index in [1.807, 2.05) is 11.3 Å². The van der Waals surface area contributed by atoms with Gasteiger partial charge in [-0.1, -0.05) is 140 Å². The van der Waals surface area contributed by atoms with Crippen molar-refractivity contribution in [2.24, 2.45) is 0 Å². The molecule has 0 amide bonds. The third-order valence-electron chi connectivity index (χ3n) is 11.4. The summed E-state index contributed by atoms with van der Waals surface area (Å²) in [6.07, 6.45) is 9.08. The maximum Gasteiger partial charge on any atom is 0.0541 e. The number of anilines is 3. The van der Waals surface area contributed by atoms with Gasteiger partial charge in [-0.2, -0.15) is 0 Å². The van der Waals surface area contributed by atoms with Crippen LogP contribution in [0.2, 0.25) is 0 Å². The molecule has 10 aromatic rings. The molecule has 270 valence electrons. The van der Waals surface area contributed by atoms with Gasteiger partial charge in [0.25, 0.3) is 0 Å². The smallest absolute Gasteiger partial charge is 0.0541 e. The number of nitrogens with zero attached hydrogens (tertiary/aromatic N) is 2. The van der Waals surface area contributed by atoms with Crippen LogP contribution in [0, 0.1) is 0 Å². The van der Waals surface area contributed by atoms with Crippen molar-refractivity contribution in [1.29, 1.82) is 0 Å². The molecule has 0 unspecified atom stereocenters. The number of para-hydroxylation sites is 2. The molecule has 2 nitrogen and oxygen atoms in total. The van der Waals surface area contributed by atoms with Crippen LogP contribution >= 0.6 is 11.3 Å². The summed E-state index contributed by atoms with van der Waals surface area (Å²) in [5.74, 6) is 0. The molecule has 0 fully saturated rings. The second-order valence-corrected chi connectivity index (χ2v) is 15.9. The zero-order valence-corrected chi connectivity index (χ0v) is 32.2. The summed E-state index contributed by atoms with van der Waals surface area (Å²) in [4.78, 5) is 2.37. The zero-order valence-electron chi connectivity index (χ0n) is 31.3. The Morgan fingerprint density at radius 2 is 1.02 bits per heavy atom. The quantitative estimate of drug-likeness (QED) is 0.158. The van der Waals surface area contributed by atoms with Crippen LogP contribution in [0.3, 0.4) is 0 Å². The summed E-state index contributed by atoms with van der Waals surface area (Å²) in [5.41, 5.74) is 14.4. The Kier molecular flexibility index (Phi) is 8.19. The molecular weight excluding hydrogens is 709 g/mol. The van der Waals surface area contributed by atoms with Crippen LogP contribution in [0.15, 0.2) is 206 Å². The highest BCUT2D eigenvalue weighted by Gasteiger charge is 2.17. The van der Waals surface area contributed by atoms with Gasteiger partial charge in [-0.15, -0.1) is 11.3 Å². The standard InChI is InChI=1S/C54H38N2S/c1-2-12-37(13-3-1)38-24-30-42(31-25-38)55(44-34-28-40(29-35-44)46-19-11-20-50-49-18-6-9-23-53(49)57-54(46)50)43-32-26-39(27-33-43)41-14-10-15-45(36-41)56-51-21-7-4-16-47(51)48-17-5-8-22-52(48)56/h2,4-36H,1,3H2. The predicted molar refractivity (Wildman–Crippen MR) is 246 cm³/mol. The summed E-state index contributed by atoms with van der Waals surface area (Å²) in [6.45, 7) is 0. The molecule has 0 N–H and O–H groups in total. The summed E-state index contributed by atoms with van der Waals surface area (Å²) >= 11 is 1.88. The van der Waals surface area contributed by atoms with E-state index >= 15 is 0 Å². The molecule has 0 saturated heterocycles. The Hall–Kier alpha value is -6.94. The van der Waals surface area contributed by atoms with E-state index in [0.717, 1.165) is 35.6 Å². The van der Waals surface area contributed by atoms with Crippen LogP contribution < -0.4 is 4.90 Å². The summed E-state index contributed by atoms with van der Waals surface area (Å²) < 4.78 is 5.05. The third kappa shape index (κ3) is 5.87. The number of fused-ring (bicyclic) bond motifs is 6. The minimum absolute atomic E-state index is 1.09. The average molecular weight is 747 g/mol. The van der Waals surface area contributed by atoms with Crippen molar-refractivity contribution in [2.45, 2.75) is 12.8 Å². The van der Waals surface area contributed by atoms with E-state index in [4.69, 9.17) is 0 Å². The van der Waals surface area contributed by atoms with Crippen molar-refractivity contribution < 1.29 is 0 Å². The number of benzene rings is 8. The third-order valence-corrected chi connectivity index (χ3v) is 12.7. The normalized spacial score (nSPS) is 12.8. The van der Waals surface area contributed by atoms with Crippen LogP contribution in [0.5, 0.6) is 0 Å². The number of thiophene rings is 1. The summed E-state index contributed by atoms with van der Waals surface area (Å²) in [5, 5.41) is 5.19. The molecule has 0 atom stereocenters. The molecule has 2 aromatic heterocycles. The van der Waals surface area contributed by atoms with Gasteiger partial charge >= 0.3 is 0 Å². The van der Waals surface area contributed by atoms with Gasteiger partial charge in [0.1, 0.15) is 0 Å². The highest BCUT2D eigenvalue weighted by atomic mass is 32.1. The van der Waals surface area contributed by atoms with Crippen LogP contribution in [-0.4, -0.2) is 4.57 Å². The molecule has 0 bridgehead atoms. The van der Waals surface area contributed by atoms with Gasteiger partial charge in [0.15, 0.2) is 0 Å². The first-order chi connectivity index (χ1) is 28.3. The maximum atomic E-state index is 2.39. The lowest BCUT2D eigenvalue weighted by molar-refractivity contribution is 1.04. The lowest BCUT2D eigenvalue weighted by atomic mass is 9.99. The fourth-order valence-electron chi connectivity index (χ4n) is 8.67. The van der Waals surface area contributed by atoms with Gasteiger partial charge in [-0.3, -0.25) is 0 Å². The fraction of sp³-hybridized carbons (Fsp3) is 0.0370. The van der Waals surface area contributed by atoms with Crippen molar-refractivity contribution in [1.82, 2.24) is 4.57 Å². The van der Waals surface area contributed by atoms with E-state index in [1.54, 1.807) is 0 Å². The number of allylic oxidation sites excluding steroid dienone is 4. The lowest BCUT2D eigenvalue weighted by Gasteiger charge is -2.26. The fourth-order valence-corrected chi connectivity index (χ4v) is 9.91. The molecule has 0 spiro atoms. The molecule has 57 heavy (non-hydrogen) atoms. The Labute approximate surface area is 336 Å². The number of hydrogen-bond donors (Lipinski definition) is 0. The van der Waals surface area contributed by atoms with Gasteiger partial charge in [-0.25, -0.2) is 0 Å². The minimum atomic E-state index is 1.09. The van der Waals surface area contributed by atoms with Crippen molar-refractivity contribution in [3.63, 3.8) is 0 Å². The highest BCUT2D eigenvalue weighted by molar-refractivity contribution is 7.26. The molecule has 1 aliphatic rings. The topological polar surface area (TPSA) is 8.17 Å². The van der Waals surface area contributed by atoms with E-state index in [2.05, 4.69) is 216 Å². The molecule has 0 aliphatic heterocycles. The van der Waals surface area contributed by atoms with Crippen molar-refractivity contribution in [3.8, 4) is 27.9 Å². The number of hydrogen-bond acceptors (Lipinski definition) is 2. The monoisotopic (exact) mass is 746 g/mol. The first-order valence-electron chi connectivity index (χ1n) is 19.7. The Bertz CT molecular complexity index is 3110. The lowest BCUT2D eigenvalue weighted by Crippen LogP contribution is -2.10. The van der Waals surface area contributed by atoms with Gasteiger partial charge in [0.05, 0.1) is 11.0 Å². The summed E-state index contributed by atoms with van der Waals surface area (Å²) in [7, 11) is 0. The van der Waals surface area contributed by atoms with Gasteiger partial charge in [0.2, 0.25) is 0 Å². The van der Waals surface area contributed by atoms with Crippen LogP contribution in [-0.2, 0) is 0 Å². The first-order valence-corrected chi connectivity index (χ1v) is 20.6. The van der Waals surface area contributed by atoms with Gasteiger partial charge in [0, 0.05) is 53.7 Å². The minimum Gasteiger partial charge on any atom is -0.311 e. The van der Waals surface area contributed by atoms with E-state index < -0.39 is 0 Å².